The van der Waals surface area contributed by atoms with Gasteiger partial charge < -0.3 is 9.88 Å². The molecule has 0 spiro atoms. The summed E-state index contributed by atoms with van der Waals surface area (Å²) in [7, 11) is -1.62. The molecule has 0 radical (unpaired) electrons. The van der Waals surface area contributed by atoms with E-state index in [1.54, 1.807) is 30.3 Å². The highest BCUT2D eigenvalue weighted by molar-refractivity contribution is 7.89. The first-order chi connectivity index (χ1) is 13.5. The average Bonchev–Trinajstić information content (AvgIpc) is 3.11. The maximum absolute atomic E-state index is 12.9. The van der Waals surface area contributed by atoms with Crippen molar-refractivity contribution in [2.24, 2.45) is 13.0 Å². The largest absolute Gasteiger partial charge is 0.350 e. The van der Waals surface area contributed by atoms with E-state index in [1.807, 2.05) is 42.1 Å². The van der Waals surface area contributed by atoms with E-state index in [0.717, 1.165) is 16.6 Å². The predicted octanol–water partition coefficient (Wildman–Crippen LogP) is 3.22. The zero-order chi connectivity index (χ0) is 19.7. The maximum Gasteiger partial charge on any atom is 0.243 e. The highest BCUT2D eigenvalue weighted by atomic mass is 32.2. The molecule has 1 aromatic heterocycles. The molecule has 1 aliphatic rings. The van der Waals surface area contributed by atoms with Crippen LogP contribution in [0.3, 0.4) is 0 Å². The number of hydrogen-bond acceptors (Lipinski definition) is 3. The van der Waals surface area contributed by atoms with E-state index in [1.165, 1.54) is 4.31 Å². The molecule has 1 fully saturated rings. The van der Waals surface area contributed by atoms with Crippen LogP contribution >= 0.6 is 0 Å². The molecule has 1 aliphatic heterocycles. The molecule has 0 unspecified atom stereocenters. The van der Waals surface area contributed by atoms with Gasteiger partial charge in [-0.2, -0.15) is 4.31 Å². The van der Waals surface area contributed by atoms with Gasteiger partial charge in [-0.3, -0.25) is 4.79 Å². The van der Waals surface area contributed by atoms with Gasteiger partial charge in [-0.1, -0.05) is 24.3 Å². The van der Waals surface area contributed by atoms with E-state index in [4.69, 9.17) is 0 Å². The predicted molar refractivity (Wildman–Crippen MR) is 109 cm³/mol. The number of piperidine rings is 1. The second-order valence-electron chi connectivity index (χ2n) is 7.17. The minimum Gasteiger partial charge on any atom is -0.350 e. The molecule has 2 aromatic carbocycles. The number of anilines is 1. The highest BCUT2D eigenvalue weighted by Crippen LogP contribution is 2.27. The lowest BCUT2D eigenvalue weighted by molar-refractivity contribution is -0.120. The first-order valence-corrected chi connectivity index (χ1v) is 10.8. The summed E-state index contributed by atoms with van der Waals surface area (Å²) in [6.45, 7) is 0.642. The van der Waals surface area contributed by atoms with Crippen LogP contribution in [0.4, 0.5) is 5.69 Å². The molecule has 0 aliphatic carbocycles. The fourth-order valence-corrected chi connectivity index (χ4v) is 5.31. The van der Waals surface area contributed by atoms with Crippen LogP contribution in [0.5, 0.6) is 0 Å². The minimum absolute atomic E-state index is 0.135. The van der Waals surface area contributed by atoms with Crippen molar-refractivity contribution in [1.82, 2.24) is 8.87 Å². The molecule has 7 heteroatoms. The van der Waals surface area contributed by atoms with Gasteiger partial charge in [0.1, 0.15) is 0 Å². The zero-order valence-corrected chi connectivity index (χ0v) is 16.5. The van der Waals surface area contributed by atoms with Gasteiger partial charge in [0.05, 0.1) is 16.5 Å². The molecule has 3 aromatic rings. The Morgan fingerprint density at radius 1 is 1.07 bits per heavy atom. The molecule has 4 rings (SSSR count). The normalized spacial score (nSPS) is 18.2. The summed E-state index contributed by atoms with van der Waals surface area (Å²) in [6, 6.07) is 16.1. The number of sulfonamides is 1. The number of carbonyl (C=O) groups is 1. The van der Waals surface area contributed by atoms with Crippen molar-refractivity contribution in [2.45, 2.75) is 17.7 Å². The molecule has 146 valence electrons. The zero-order valence-electron chi connectivity index (χ0n) is 15.7. The van der Waals surface area contributed by atoms with E-state index in [9.17, 15) is 13.2 Å². The van der Waals surface area contributed by atoms with Crippen LogP contribution in [-0.2, 0) is 21.9 Å². The van der Waals surface area contributed by atoms with Crippen molar-refractivity contribution >= 4 is 32.5 Å². The Balaban J connectivity index is 1.52. The number of aryl methyl sites for hydroxylation is 1. The Morgan fingerprint density at radius 3 is 2.64 bits per heavy atom. The molecule has 1 saturated heterocycles. The van der Waals surface area contributed by atoms with Gasteiger partial charge >= 0.3 is 0 Å². The Kier molecular flexibility index (Phi) is 4.95. The summed E-state index contributed by atoms with van der Waals surface area (Å²) in [5.41, 5.74) is 1.79. The summed E-state index contributed by atoms with van der Waals surface area (Å²) in [4.78, 5) is 13.2. The molecule has 2 heterocycles. The van der Waals surface area contributed by atoms with Crippen LogP contribution in [0.2, 0.25) is 0 Å². The number of amides is 1. The van der Waals surface area contributed by atoms with E-state index in [-0.39, 0.29) is 23.3 Å². The summed E-state index contributed by atoms with van der Waals surface area (Å²) in [5.74, 6) is -0.504. The third-order valence-electron chi connectivity index (χ3n) is 5.32. The summed E-state index contributed by atoms with van der Waals surface area (Å²) >= 11 is 0. The summed E-state index contributed by atoms with van der Waals surface area (Å²) < 4.78 is 29.2. The Hall–Kier alpha value is -2.64. The molecule has 0 saturated carbocycles. The van der Waals surface area contributed by atoms with Gasteiger partial charge in [-0.25, -0.2) is 8.42 Å². The summed E-state index contributed by atoms with van der Waals surface area (Å²) in [5, 5.41) is 3.98. The third-order valence-corrected chi connectivity index (χ3v) is 7.20. The van der Waals surface area contributed by atoms with Gasteiger partial charge in [0.2, 0.25) is 15.9 Å². The van der Waals surface area contributed by atoms with Crippen LogP contribution in [-0.4, -0.2) is 36.3 Å². The lowest BCUT2D eigenvalue weighted by Crippen LogP contribution is -2.43. The second-order valence-corrected chi connectivity index (χ2v) is 9.11. The van der Waals surface area contributed by atoms with Crippen LogP contribution < -0.4 is 5.32 Å². The third kappa shape index (κ3) is 3.43. The number of rotatable bonds is 4. The molecule has 1 atom stereocenters. The smallest absolute Gasteiger partial charge is 0.243 e. The van der Waals surface area contributed by atoms with E-state index < -0.39 is 10.0 Å². The topological polar surface area (TPSA) is 71.4 Å². The quantitative estimate of drug-likeness (QED) is 0.735. The lowest BCUT2D eigenvalue weighted by Gasteiger charge is -2.31. The molecular weight excluding hydrogens is 374 g/mol. The molecule has 1 N–H and O–H groups in total. The average molecular weight is 398 g/mol. The van der Waals surface area contributed by atoms with E-state index in [2.05, 4.69) is 5.32 Å². The number of hydrogen-bond donors (Lipinski definition) is 1. The van der Waals surface area contributed by atoms with Crippen molar-refractivity contribution < 1.29 is 13.2 Å². The number of carbonyl (C=O) groups excluding carboxylic acids is 1. The number of nitrogens with one attached hydrogen (secondary N) is 1. The highest BCUT2D eigenvalue weighted by Gasteiger charge is 2.33. The fourth-order valence-electron chi connectivity index (χ4n) is 3.76. The van der Waals surface area contributed by atoms with Crippen LogP contribution in [0.1, 0.15) is 12.8 Å². The fraction of sp³-hybridized carbons (Fsp3) is 0.286. The van der Waals surface area contributed by atoms with Gasteiger partial charge in [0.15, 0.2) is 0 Å². The Bertz CT molecular complexity index is 1110. The molecular formula is C21H23N3O3S. The van der Waals surface area contributed by atoms with Crippen molar-refractivity contribution in [3.8, 4) is 0 Å². The van der Waals surface area contributed by atoms with E-state index >= 15 is 0 Å². The molecule has 28 heavy (non-hydrogen) atoms. The molecule has 6 nitrogen and oxygen atoms in total. The Morgan fingerprint density at radius 2 is 1.86 bits per heavy atom. The van der Waals surface area contributed by atoms with Gasteiger partial charge in [0.25, 0.3) is 0 Å². The first-order valence-electron chi connectivity index (χ1n) is 9.37. The van der Waals surface area contributed by atoms with Gasteiger partial charge in [0, 0.05) is 37.2 Å². The second kappa shape index (κ2) is 7.41. The standard InChI is InChI=1S/C21H23N3O3S/c1-23-14-12-18-19(10-5-11-20(18)23)22-21(25)16-7-6-13-24(15-16)28(26,27)17-8-3-2-4-9-17/h2-5,8-12,14,16H,6-7,13,15H2,1H3,(H,22,25)/t16-/m0/s1. The van der Waals surface area contributed by atoms with Gasteiger partial charge in [-0.05, 0) is 43.2 Å². The van der Waals surface area contributed by atoms with Gasteiger partial charge in [-0.15, -0.1) is 0 Å². The van der Waals surface area contributed by atoms with Crippen LogP contribution in [0.25, 0.3) is 10.9 Å². The van der Waals surface area contributed by atoms with Crippen molar-refractivity contribution in [2.75, 3.05) is 18.4 Å². The summed E-state index contributed by atoms with van der Waals surface area (Å²) in [6.07, 6.45) is 3.30. The van der Waals surface area contributed by atoms with Crippen LogP contribution in [0.15, 0.2) is 65.7 Å². The van der Waals surface area contributed by atoms with E-state index in [0.29, 0.717) is 19.4 Å². The number of benzene rings is 2. The SMILES string of the molecule is Cn1ccc2c(NC(=O)[C@H]3CCCN(S(=O)(=O)c4ccccc4)C3)cccc21. The Labute approximate surface area is 164 Å². The molecule has 0 bridgehead atoms. The minimum atomic E-state index is -3.58. The molecule has 1 amide bonds. The maximum atomic E-state index is 12.9. The van der Waals surface area contributed by atoms with Crippen molar-refractivity contribution in [1.29, 1.82) is 0 Å². The monoisotopic (exact) mass is 397 g/mol. The number of nitrogens with zero attached hydrogens (tertiary/aromatic N) is 2. The van der Waals surface area contributed by atoms with Crippen LogP contribution in [0, 0.1) is 5.92 Å². The van der Waals surface area contributed by atoms with Crippen molar-refractivity contribution in [3.05, 3.63) is 60.8 Å². The van der Waals surface area contributed by atoms with Crippen molar-refractivity contribution in [3.63, 3.8) is 0 Å². The number of fused-ring (bicyclic) bond motifs is 1. The lowest BCUT2D eigenvalue weighted by atomic mass is 9.98. The first kappa shape index (κ1) is 18.7. The number of aromatic nitrogens is 1.